The zero-order chi connectivity index (χ0) is 19.5. The number of hydrogen-bond donors (Lipinski definition) is 0. The Kier molecular flexibility index (Phi) is 5.64. The third-order valence-corrected chi connectivity index (χ3v) is 6.31. The van der Waals surface area contributed by atoms with Crippen molar-refractivity contribution >= 4 is 11.6 Å². The molecular formula is C22H31N5O. The van der Waals surface area contributed by atoms with Gasteiger partial charge in [-0.05, 0) is 38.3 Å². The average Bonchev–Trinajstić information content (AvgIpc) is 3.35. The van der Waals surface area contributed by atoms with Crippen LogP contribution in [0.5, 0.6) is 0 Å². The zero-order valence-corrected chi connectivity index (χ0v) is 17.1. The molecule has 1 amide bonds. The Labute approximate surface area is 167 Å². The summed E-state index contributed by atoms with van der Waals surface area (Å²) in [7, 11) is 0. The molecule has 2 aliphatic rings. The van der Waals surface area contributed by atoms with E-state index in [1.165, 1.54) is 31.4 Å². The number of piperazine rings is 1. The van der Waals surface area contributed by atoms with Crippen LogP contribution in [-0.2, 0) is 4.79 Å². The summed E-state index contributed by atoms with van der Waals surface area (Å²) in [5, 5.41) is 4.72. The van der Waals surface area contributed by atoms with Crippen LogP contribution < -0.4 is 4.90 Å². The summed E-state index contributed by atoms with van der Waals surface area (Å²) in [6, 6.07) is 5.87. The molecule has 1 aliphatic carbocycles. The van der Waals surface area contributed by atoms with E-state index in [1.54, 1.807) is 6.20 Å². The van der Waals surface area contributed by atoms with Crippen LogP contribution in [0.25, 0.3) is 5.82 Å². The van der Waals surface area contributed by atoms with Gasteiger partial charge in [-0.3, -0.25) is 4.79 Å². The monoisotopic (exact) mass is 381 g/mol. The van der Waals surface area contributed by atoms with E-state index in [2.05, 4.69) is 28.6 Å². The molecule has 2 aromatic heterocycles. The van der Waals surface area contributed by atoms with Crippen molar-refractivity contribution in [2.24, 2.45) is 5.92 Å². The SMILES string of the molecule is Cc1nn(-c2ccccn2)c(C)c1N1CCN(C(=O)CCC2CCCC2)CC1. The van der Waals surface area contributed by atoms with Crippen LogP contribution in [0.2, 0.25) is 0 Å². The van der Waals surface area contributed by atoms with Gasteiger partial charge in [0.1, 0.15) is 0 Å². The Morgan fingerprint density at radius 1 is 1.11 bits per heavy atom. The molecule has 0 unspecified atom stereocenters. The Morgan fingerprint density at radius 3 is 2.54 bits per heavy atom. The minimum absolute atomic E-state index is 0.337. The minimum atomic E-state index is 0.337. The molecular weight excluding hydrogens is 350 g/mol. The van der Waals surface area contributed by atoms with Crippen molar-refractivity contribution in [2.75, 3.05) is 31.1 Å². The first kappa shape index (κ1) is 19.0. The molecule has 0 N–H and O–H groups in total. The van der Waals surface area contributed by atoms with Crippen LogP contribution in [0.1, 0.15) is 49.9 Å². The Bertz CT molecular complexity index is 802. The van der Waals surface area contributed by atoms with Gasteiger partial charge in [0.05, 0.1) is 17.1 Å². The quantitative estimate of drug-likeness (QED) is 0.795. The smallest absolute Gasteiger partial charge is 0.222 e. The van der Waals surface area contributed by atoms with E-state index in [-0.39, 0.29) is 0 Å². The molecule has 1 aliphatic heterocycles. The molecule has 2 fully saturated rings. The largest absolute Gasteiger partial charge is 0.365 e. The highest BCUT2D eigenvalue weighted by Crippen LogP contribution is 2.30. The summed E-state index contributed by atoms with van der Waals surface area (Å²) in [6.07, 6.45) is 8.93. The number of pyridine rings is 1. The van der Waals surface area contributed by atoms with Crippen molar-refractivity contribution in [3.8, 4) is 5.82 Å². The molecule has 6 heteroatoms. The maximum absolute atomic E-state index is 12.6. The summed E-state index contributed by atoms with van der Waals surface area (Å²) in [6.45, 7) is 7.49. The van der Waals surface area contributed by atoms with Crippen molar-refractivity contribution in [2.45, 2.75) is 52.4 Å². The number of aromatic nitrogens is 3. The maximum Gasteiger partial charge on any atom is 0.222 e. The fraction of sp³-hybridized carbons (Fsp3) is 0.591. The molecule has 0 radical (unpaired) electrons. The molecule has 0 atom stereocenters. The van der Waals surface area contributed by atoms with E-state index in [9.17, 15) is 4.79 Å². The van der Waals surface area contributed by atoms with Gasteiger partial charge in [0.15, 0.2) is 5.82 Å². The Hall–Kier alpha value is -2.37. The molecule has 0 bridgehead atoms. The number of carbonyl (C=O) groups is 1. The molecule has 150 valence electrons. The molecule has 2 aromatic rings. The highest BCUT2D eigenvalue weighted by Gasteiger charge is 2.26. The van der Waals surface area contributed by atoms with Crippen molar-refractivity contribution in [3.05, 3.63) is 35.8 Å². The molecule has 0 spiro atoms. The molecule has 3 heterocycles. The number of rotatable bonds is 5. The second-order valence-corrected chi connectivity index (χ2v) is 8.18. The van der Waals surface area contributed by atoms with Crippen molar-refractivity contribution in [1.82, 2.24) is 19.7 Å². The molecule has 1 saturated carbocycles. The molecule has 6 nitrogen and oxygen atoms in total. The van der Waals surface area contributed by atoms with E-state index in [1.807, 2.05) is 22.9 Å². The third-order valence-electron chi connectivity index (χ3n) is 6.31. The van der Waals surface area contributed by atoms with Gasteiger partial charge >= 0.3 is 0 Å². The van der Waals surface area contributed by atoms with Crippen LogP contribution in [0, 0.1) is 19.8 Å². The number of carbonyl (C=O) groups excluding carboxylic acids is 1. The normalized spacial score (nSPS) is 18.1. The number of amides is 1. The zero-order valence-electron chi connectivity index (χ0n) is 17.1. The predicted octanol–water partition coefficient (Wildman–Crippen LogP) is 3.50. The van der Waals surface area contributed by atoms with E-state index < -0.39 is 0 Å². The molecule has 28 heavy (non-hydrogen) atoms. The second kappa shape index (κ2) is 8.33. The summed E-state index contributed by atoms with van der Waals surface area (Å²) in [5.74, 6) is 1.97. The van der Waals surface area contributed by atoms with E-state index in [4.69, 9.17) is 5.10 Å². The lowest BCUT2D eigenvalue weighted by molar-refractivity contribution is -0.131. The molecule has 1 saturated heterocycles. The molecule has 4 rings (SSSR count). The van der Waals surface area contributed by atoms with Gasteiger partial charge in [-0.25, -0.2) is 9.67 Å². The van der Waals surface area contributed by atoms with Crippen LogP contribution in [0.3, 0.4) is 0 Å². The van der Waals surface area contributed by atoms with Crippen LogP contribution >= 0.6 is 0 Å². The second-order valence-electron chi connectivity index (χ2n) is 8.18. The van der Waals surface area contributed by atoms with E-state index in [0.717, 1.165) is 62.1 Å². The summed E-state index contributed by atoms with van der Waals surface area (Å²) in [4.78, 5) is 21.5. The first-order valence-electron chi connectivity index (χ1n) is 10.6. The fourth-order valence-electron chi connectivity index (χ4n) is 4.76. The topological polar surface area (TPSA) is 54.3 Å². The average molecular weight is 382 g/mol. The summed E-state index contributed by atoms with van der Waals surface area (Å²) < 4.78 is 1.92. The minimum Gasteiger partial charge on any atom is -0.365 e. The predicted molar refractivity (Wildman–Crippen MR) is 111 cm³/mol. The number of hydrogen-bond acceptors (Lipinski definition) is 4. The number of nitrogens with zero attached hydrogens (tertiary/aromatic N) is 5. The lowest BCUT2D eigenvalue weighted by Crippen LogP contribution is -2.49. The summed E-state index contributed by atoms with van der Waals surface area (Å²) in [5.41, 5.74) is 3.31. The van der Waals surface area contributed by atoms with Gasteiger partial charge in [0.25, 0.3) is 0 Å². The van der Waals surface area contributed by atoms with Crippen LogP contribution in [-0.4, -0.2) is 51.8 Å². The highest BCUT2D eigenvalue weighted by molar-refractivity contribution is 5.76. The van der Waals surface area contributed by atoms with Crippen molar-refractivity contribution in [1.29, 1.82) is 0 Å². The number of anilines is 1. The Morgan fingerprint density at radius 2 is 1.86 bits per heavy atom. The van der Waals surface area contributed by atoms with Crippen LogP contribution in [0.4, 0.5) is 5.69 Å². The van der Waals surface area contributed by atoms with Gasteiger partial charge in [0, 0.05) is 38.8 Å². The van der Waals surface area contributed by atoms with Crippen molar-refractivity contribution in [3.63, 3.8) is 0 Å². The maximum atomic E-state index is 12.6. The van der Waals surface area contributed by atoms with Gasteiger partial charge in [-0.2, -0.15) is 5.10 Å². The lowest BCUT2D eigenvalue weighted by atomic mass is 10.0. The molecule has 0 aromatic carbocycles. The van der Waals surface area contributed by atoms with Gasteiger partial charge < -0.3 is 9.80 Å². The lowest BCUT2D eigenvalue weighted by Gasteiger charge is -2.36. The highest BCUT2D eigenvalue weighted by atomic mass is 16.2. The summed E-state index contributed by atoms with van der Waals surface area (Å²) >= 11 is 0. The van der Waals surface area contributed by atoms with E-state index >= 15 is 0 Å². The third kappa shape index (κ3) is 3.91. The standard InChI is InChI=1S/C22H31N5O/c1-17-22(18(2)27(24-17)20-9-5-6-12-23-20)26-15-13-25(14-16-26)21(28)11-10-19-7-3-4-8-19/h5-6,9,12,19H,3-4,7-8,10-11,13-16H2,1-2H3. The van der Waals surface area contributed by atoms with Gasteiger partial charge in [-0.1, -0.05) is 31.7 Å². The van der Waals surface area contributed by atoms with Gasteiger partial charge in [0.2, 0.25) is 5.91 Å². The van der Waals surface area contributed by atoms with E-state index in [0.29, 0.717) is 5.91 Å². The first-order chi connectivity index (χ1) is 13.6. The Balaban J connectivity index is 1.37. The number of aryl methyl sites for hydroxylation is 1. The first-order valence-corrected chi connectivity index (χ1v) is 10.6. The van der Waals surface area contributed by atoms with Gasteiger partial charge in [-0.15, -0.1) is 0 Å². The van der Waals surface area contributed by atoms with Crippen LogP contribution in [0.15, 0.2) is 24.4 Å². The fourth-order valence-corrected chi connectivity index (χ4v) is 4.76. The van der Waals surface area contributed by atoms with Crippen molar-refractivity contribution < 1.29 is 4.79 Å².